The van der Waals surface area contributed by atoms with Gasteiger partial charge in [0.05, 0.1) is 10.7 Å². The minimum Gasteiger partial charge on any atom is -0.384 e. The fourth-order valence-electron chi connectivity index (χ4n) is 1.34. The zero-order valence-corrected chi connectivity index (χ0v) is 11.7. The van der Waals surface area contributed by atoms with Crippen molar-refractivity contribution in [2.24, 2.45) is 0 Å². The largest absolute Gasteiger partial charge is 0.526 e. The molecule has 0 aromatic carbocycles. The smallest absolute Gasteiger partial charge is 0.384 e. The highest BCUT2D eigenvalue weighted by Gasteiger charge is 2.23. The highest BCUT2D eigenvalue weighted by Crippen LogP contribution is 2.42. The fourth-order valence-corrected chi connectivity index (χ4v) is 2.51. The highest BCUT2D eigenvalue weighted by molar-refractivity contribution is 7.46. The molecule has 5 nitrogen and oxygen atoms in total. The van der Waals surface area contributed by atoms with Crippen molar-refractivity contribution in [3.8, 4) is 5.88 Å². The van der Waals surface area contributed by atoms with Crippen LogP contribution in [0.2, 0.25) is 10.0 Å². The van der Waals surface area contributed by atoms with Crippen LogP contribution in [-0.2, 0) is 17.4 Å². The van der Waals surface area contributed by atoms with Gasteiger partial charge in [-0.3, -0.25) is 9.79 Å². The van der Waals surface area contributed by atoms with Crippen LogP contribution in [-0.4, -0.2) is 14.8 Å². The molecule has 0 amide bonds. The van der Waals surface area contributed by atoms with Gasteiger partial charge in [-0.1, -0.05) is 37.0 Å². The van der Waals surface area contributed by atoms with Crippen LogP contribution in [0.5, 0.6) is 5.88 Å². The summed E-state index contributed by atoms with van der Waals surface area (Å²) < 4.78 is 15.2. The Bertz CT molecular complexity index is 475. The van der Waals surface area contributed by atoms with Crippen molar-refractivity contribution >= 4 is 31.0 Å². The van der Waals surface area contributed by atoms with Crippen LogP contribution in [0.25, 0.3) is 0 Å². The van der Waals surface area contributed by atoms with Gasteiger partial charge in [-0.2, -0.15) is 0 Å². The van der Waals surface area contributed by atoms with E-state index in [2.05, 4.69) is 9.51 Å². The lowest BCUT2D eigenvalue weighted by molar-refractivity contribution is 0.279. The first kappa shape index (κ1) is 14.7. The van der Waals surface area contributed by atoms with E-state index in [-0.39, 0.29) is 10.9 Å². The summed E-state index contributed by atoms with van der Waals surface area (Å²) in [6.45, 7) is 3.65. The molecule has 0 spiro atoms. The van der Waals surface area contributed by atoms with Crippen molar-refractivity contribution in [1.29, 1.82) is 0 Å². The van der Waals surface area contributed by atoms with E-state index >= 15 is 0 Å². The van der Waals surface area contributed by atoms with E-state index in [1.807, 2.05) is 13.8 Å². The summed E-state index contributed by atoms with van der Waals surface area (Å²) in [6, 6.07) is 0. The summed E-state index contributed by atoms with van der Waals surface area (Å²) in [5.41, 5.74) is 1.07. The molecule has 1 aromatic heterocycles. The Labute approximate surface area is 109 Å². The van der Waals surface area contributed by atoms with Gasteiger partial charge in [0, 0.05) is 0 Å². The molecule has 17 heavy (non-hydrogen) atoms. The topological polar surface area (TPSA) is 79.7 Å². The SMILES string of the molecule is CCc1nc(OP(=O)(O)O)c(Cl)c(CC)c1Cl. The Morgan fingerprint density at radius 2 is 1.82 bits per heavy atom. The van der Waals surface area contributed by atoms with E-state index in [1.165, 1.54) is 0 Å². The third-order valence-corrected chi connectivity index (χ3v) is 3.35. The number of rotatable bonds is 4. The van der Waals surface area contributed by atoms with Gasteiger partial charge in [-0.15, -0.1) is 0 Å². The molecule has 1 rings (SSSR count). The molecule has 1 heterocycles. The summed E-state index contributed by atoms with van der Waals surface area (Å²) in [6.07, 6.45) is 1.03. The van der Waals surface area contributed by atoms with Crippen molar-refractivity contribution in [1.82, 2.24) is 4.98 Å². The van der Waals surface area contributed by atoms with Crippen molar-refractivity contribution in [2.75, 3.05) is 0 Å². The Morgan fingerprint density at radius 3 is 2.24 bits per heavy atom. The van der Waals surface area contributed by atoms with E-state index in [0.717, 1.165) is 0 Å². The molecule has 0 unspecified atom stereocenters. The van der Waals surface area contributed by atoms with Crippen molar-refractivity contribution in [3.05, 3.63) is 21.3 Å². The molecule has 0 aliphatic carbocycles. The molecular weight excluding hydrogens is 288 g/mol. The Morgan fingerprint density at radius 1 is 1.24 bits per heavy atom. The second-order valence-electron chi connectivity index (χ2n) is 3.26. The minimum atomic E-state index is -4.68. The predicted octanol–water partition coefficient (Wildman–Crippen LogP) is 2.98. The lowest BCUT2D eigenvalue weighted by atomic mass is 10.1. The maximum Gasteiger partial charge on any atom is 0.526 e. The first-order chi connectivity index (χ1) is 7.80. The standard InChI is InChI=1S/C9H12Cl2NO4P/c1-3-5-7(10)6(4-2)12-9(8(5)11)16-17(13,14)15/h3-4H2,1-2H3,(H2,13,14,15). The molecule has 0 atom stereocenters. The molecule has 0 saturated heterocycles. The maximum absolute atomic E-state index is 10.8. The minimum absolute atomic E-state index is 0.0398. The van der Waals surface area contributed by atoms with Crippen LogP contribution in [0, 0.1) is 0 Å². The van der Waals surface area contributed by atoms with Gasteiger partial charge in [0.25, 0.3) is 0 Å². The van der Waals surface area contributed by atoms with Crippen LogP contribution in [0.3, 0.4) is 0 Å². The number of nitrogens with zero attached hydrogens (tertiary/aromatic N) is 1. The number of phosphoric acid groups is 1. The molecular formula is C9H12Cl2NO4P. The number of halogens is 2. The van der Waals surface area contributed by atoms with Crippen LogP contribution in [0.15, 0.2) is 0 Å². The molecule has 0 radical (unpaired) electrons. The van der Waals surface area contributed by atoms with Gasteiger partial charge >= 0.3 is 7.82 Å². The quantitative estimate of drug-likeness (QED) is 0.836. The summed E-state index contributed by atoms with van der Waals surface area (Å²) in [5.74, 6) is -0.280. The first-order valence-corrected chi connectivity index (χ1v) is 7.20. The molecule has 0 fully saturated rings. The van der Waals surface area contributed by atoms with E-state index in [9.17, 15) is 4.57 Å². The third kappa shape index (κ3) is 3.57. The lowest BCUT2D eigenvalue weighted by Crippen LogP contribution is -2.01. The number of pyridine rings is 1. The number of aromatic nitrogens is 1. The zero-order valence-electron chi connectivity index (χ0n) is 9.28. The van der Waals surface area contributed by atoms with E-state index < -0.39 is 7.82 Å². The van der Waals surface area contributed by atoms with Gasteiger partial charge in [-0.05, 0) is 18.4 Å². The molecule has 8 heteroatoms. The van der Waals surface area contributed by atoms with Crippen LogP contribution < -0.4 is 4.52 Å². The van der Waals surface area contributed by atoms with E-state index in [1.54, 1.807) is 0 Å². The Balaban J connectivity index is 3.36. The van der Waals surface area contributed by atoms with Crippen LogP contribution in [0.4, 0.5) is 0 Å². The van der Waals surface area contributed by atoms with Gasteiger partial charge in [0.2, 0.25) is 5.88 Å². The highest BCUT2D eigenvalue weighted by atomic mass is 35.5. The Kier molecular flexibility index (Phi) is 4.81. The van der Waals surface area contributed by atoms with Gasteiger partial charge < -0.3 is 4.52 Å². The normalized spacial score (nSPS) is 11.6. The van der Waals surface area contributed by atoms with Crippen molar-refractivity contribution in [3.63, 3.8) is 0 Å². The summed E-state index contributed by atoms with van der Waals surface area (Å²) in [7, 11) is -4.68. The van der Waals surface area contributed by atoms with Crippen LogP contribution in [0.1, 0.15) is 25.1 Å². The van der Waals surface area contributed by atoms with Gasteiger partial charge in [0.15, 0.2) is 0 Å². The second kappa shape index (κ2) is 5.55. The van der Waals surface area contributed by atoms with Crippen molar-refractivity contribution < 1.29 is 18.9 Å². The van der Waals surface area contributed by atoms with E-state index in [4.69, 9.17) is 33.0 Å². The third-order valence-electron chi connectivity index (χ3n) is 2.10. The average molecular weight is 300 g/mol. The number of hydrogen-bond acceptors (Lipinski definition) is 3. The monoisotopic (exact) mass is 299 g/mol. The number of hydrogen-bond donors (Lipinski definition) is 2. The zero-order chi connectivity index (χ0) is 13.2. The molecule has 0 aliphatic heterocycles. The van der Waals surface area contributed by atoms with Crippen molar-refractivity contribution in [2.45, 2.75) is 26.7 Å². The summed E-state index contributed by atoms with van der Waals surface area (Å²) >= 11 is 12.0. The van der Waals surface area contributed by atoms with E-state index in [0.29, 0.717) is 29.1 Å². The average Bonchev–Trinajstić information content (AvgIpc) is 2.21. The molecule has 0 aliphatic rings. The first-order valence-electron chi connectivity index (χ1n) is 4.92. The lowest BCUT2D eigenvalue weighted by Gasteiger charge is -2.13. The number of aryl methyl sites for hydroxylation is 1. The fraction of sp³-hybridized carbons (Fsp3) is 0.444. The van der Waals surface area contributed by atoms with Crippen LogP contribution >= 0.6 is 31.0 Å². The van der Waals surface area contributed by atoms with Gasteiger partial charge in [0.1, 0.15) is 5.02 Å². The summed E-state index contributed by atoms with van der Waals surface area (Å²) in [5, 5.41) is 0.455. The summed E-state index contributed by atoms with van der Waals surface area (Å²) in [4.78, 5) is 21.4. The molecule has 96 valence electrons. The maximum atomic E-state index is 10.8. The Hall–Kier alpha value is -0.320. The molecule has 2 N–H and O–H groups in total. The second-order valence-corrected chi connectivity index (χ2v) is 5.18. The molecule has 1 aromatic rings. The molecule has 0 saturated carbocycles. The number of phosphoric ester groups is 1. The predicted molar refractivity (Wildman–Crippen MR) is 65.7 cm³/mol. The van der Waals surface area contributed by atoms with Gasteiger partial charge in [-0.25, -0.2) is 9.55 Å². The molecule has 0 bridgehead atoms.